The summed E-state index contributed by atoms with van der Waals surface area (Å²) in [6, 6.07) is 14.7. The number of carbonyl (C=O) groups is 1. The first-order chi connectivity index (χ1) is 11.0. The molecule has 0 aliphatic carbocycles. The quantitative estimate of drug-likeness (QED) is 0.808. The topological polar surface area (TPSA) is 53.2 Å². The number of nitrogens with one attached hydrogen (secondary N) is 1. The zero-order valence-corrected chi connectivity index (χ0v) is 12.5. The monoisotopic (exact) mass is 310 g/mol. The molecule has 3 rings (SSSR count). The van der Waals surface area contributed by atoms with Crippen LogP contribution in [0.3, 0.4) is 0 Å². The lowest BCUT2D eigenvalue weighted by Gasteiger charge is -2.17. The average molecular weight is 310 g/mol. The summed E-state index contributed by atoms with van der Waals surface area (Å²) in [5.74, 6) is -0.612. The minimum atomic E-state index is -0.318. The number of pyridine rings is 1. The van der Waals surface area contributed by atoms with E-state index in [2.05, 4.69) is 4.98 Å². The van der Waals surface area contributed by atoms with E-state index in [0.717, 1.165) is 10.9 Å². The molecule has 2 aromatic carbocycles. The predicted octanol–water partition coefficient (Wildman–Crippen LogP) is 2.94. The summed E-state index contributed by atoms with van der Waals surface area (Å²) in [6.45, 7) is 0.327. The van der Waals surface area contributed by atoms with Gasteiger partial charge in [-0.15, -0.1) is 0 Å². The molecule has 0 saturated carbocycles. The van der Waals surface area contributed by atoms with Crippen LogP contribution in [0.4, 0.5) is 4.39 Å². The number of hydrogen-bond donors (Lipinski definition) is 1. The molecule has 0 aliphatic rings. The molecule has 1 heterocycles. The molecule has 5 heteroatoms. The standard InChI is InChI=1S/C18H15FN2O2/c1-21(11-12-6-8-14(19)9-7-12)18(23)16-10-13-4-2-3-5-15(13)17(22)20-16/h2-10H,11H2,1H3,(H,20,22). The number of carbonyl (C=O) groups excluding carboxylic acids is 1. The number of rotatable bonds is 3. The molecule has 0 radical (unpaired) electrons. The maximum absolute atomic E-state index is 12.9. The van der Waals surface area contributed by atoms with E-state index in [4.69, 9.17) is 0 Å². The SMILES string of the molecule is CN(Cc1ccc(F)cc1)C(=O)c1cc2ccccc2c(=O)[nH]1. The fourth-order valence-electron chi connectivity index (χ4n) is 2.47. The lowest BCUT2D eigenvalue weighted by Crippen LogP contribution is -2.28. The Kier molecular flexibility index (Phi) is 3.93. The minimum Gasteiger partial charge on any atom is -0.336 e. The zero-order chi connectivity index (χ0) is 16.4. The highest BCUT2D eigenvalue weighted by atomic mass is 19.1. The van der Waals surface area contributed by atoms with Gasteiger partial charge in [0, 0.05) is 19.0 Å². The van der Waals surface area contributed by atoms with Gasteiger partial charge in [0.25, 0.3) is 11.5 Å². The Hall–Kier alpha value is -2.95. The predicted molar refractivity (Wildman–Crippen MR) is 86.8 cm³/mol. The van der Waals surface area contributed by atoms with Gasteiger partial charge in [-0.2, -0.15) is 0 Å². The zero-order valence-electron chi connectivity index (χ0n) is 12.5. The van der Waals surface area contributed by atoms with E-state index < -0.39 is 0 Å². The molecule has 0 bridgehead atoms. The van der Waals surface area contributed by atoms with Gasteiger partial charge in [-0.1, -0.05) is 30.3 Å². The van der Waals surface area contributed by atoms with Gasteiger partial charge in [0.05, 0.1) is 0 Å². The minimum absolute atomic E-state index is 0.235. The summed E-state index contributed by atoms with van der Waals surface area (Å²) in [5.41, 5.74) is 0.755. The van der Waals surface area contributed by atoms with Gasteiger partial charge in [0.15, 0.2) is 0 Å². The third-order valence-corrected chi connectivity index (χ3v) is 3.66. The molecule has 116 valence electrons. The van der Waals surface area contributed by atoms with E-state index in [1.165, 1.54) is 17.0 Å². The van der Waals surface area contributed by atoms with Crippen LogP contribution >= 0.6 is 0 Å². The van der Waals surface area contributed by atoms with Crippen LogP contribution in [0.2, 0.25) is 0 Å². The molecular weight excluding hydrogens is 295 g/mol. The molecule has 0 saturated heterocycles. The van der Waals surface area contributed by atoms with Crippen molar-refractivity contribution in [2.45, 2.75) is 6.54 Å². The van der Waals surface area contributed by atoms with Crippen molar-refractivity contribution in [1.29, 1.82) is 0 Å². The summed E-state index contributed by atoms with van der Waals surface area (Å²) >= 11 is 0. The number of aromatic amines is 1. The average Bonchev–Trinajstić information content (AvgIpc) is 2.56. The molecule has 0 spiro atoms. The Morgan fingerprint density at radius 2 is 1.83 bits per heavy atom. The van der Waals surface area contributed by atoms with E-state index in [1.807, 2.05) is 6.07 Å². The number of benzene rings is 2. The molecule has 0 atom stereocenters. The summed E-state index contributed by atoms with van der Waals surface area (Å²) in [4.78, 5) is 28.6. The second-order valence-corrected chi connectivity index (χ2v) is 5.39. The van der Waals surface area contributed by atoms with E-state index in [0.29, 0.717) is 11.9 Å². The van der Waals surface area contributed by atoms with Gasteiger partial charge >= 0.3 is 0 Å². The largest absolute Gasteiger partial charge is 0.336 e. The van der Waals surface area contributed by atoms with Crippen molar-refractivity contribution in [3.63, 3.8) is 0 Å². The van der Waals surface area contributed by atoms with Crippen molar-refractivity contribution in [2.24, 2.45) is 0 Å². The van der Waals surface area contributed by atoms with Gasteiger partial charge in [-0.3, -0.25) is 9.59 Å². The summed E-state index contributed by atoms with van der Waals surface area (Å²) in [7, 11) is 1.64. The summed E-state index contributed by atoms with van der Waals surface area (Å²) in [6.07, 6.45) is 0. The Labute approximate surface area is 132 Å². The molecule has 1 aromatic heterocycles. The molecule has 0 fully saturated rings. The van der Waals surface area contributed by atoms with Crippen molar-refractivity contribution >= 4 is 16.7 Å². The molecule has 23 heavy (non-hydrogen) atoms. The first-order valence-electron chi connectivity index (χ1n) is 7.16. The molecule has 0 unspecified atom stereocenters. The van der Waals surface area contributed by atoms with Gasteiger partial charge in [-0.25, -0.2) is 4.39 Å². The highest BCUT2D eigenvalue weighted by Gasteiger charge is 2.14. The normalized spacial score (nSPS) is 10.7. The number of fused-ring (bicyclic) bond motifs is 1. The Bertz CT molecular complexity index is 916. The van der Waals surface area contributed by atoms with Crippen LogP contribution < -0.4 is 5.56 Å². The molecule has 3 aromatic rings. The fraction of sp³-hybridized carbons (Fsp3) is 0.111. The lowest BCUT2D eigenvalue weighted by molar-refractivity contribution is 0.0779. The molecule has 1 amide bonds. The van der Waals surface area contributed by atoms with Gasteiger partial charge < -0.3 is 9.88 Å². The van der Waals surface area contributed by atoms with Crippen LogP contribution in [0.1, 0.15) is 16.1 Å². The van der Waals surface area contributed by atoms with E-state index >= 15 is 0 Å². The van der Waals surface area contributed by atoms with Crippen LogP contribution in [-0.2, 0) is 6.54 Å². The lowest BCUT2D eigenvalue weighted by atomic mass is 10.1. The van der Waals surface area contributed by atoms with Crippen LogP contribution in [0, 0.1) is 5.82 Å². The van der Waals surface area contributed by atoms with Crippen LogP contribution in [0.15, 0.2) is 59.4 Å². The van der Waals surface area contributed by atoms with E-state index in [-0.39, 0.29) is 23.0 Å². The highest BCUT2D eigenvalue weighted by Crippen LogP contribution is 2.12. The maximum Gasteiger partial charge on any atom is 0.270 e. The first kappa shape index (κ1) is 15.0. The van der Waals surface area contributed by atoms with Crippen molar-refractivity contribution < 1.29 is 9.18 Å². The van der Waals surface area contributed by atoms with Crippen LogP contribution in [0.25, 0.3) is 10.8 Å². The van der Waals surface area contributed by atoms with E-state index in [9.17, 15) is 14.0 Å². The summed E-state index contributed by atoms with van der Waals surface area (Å²) < 4.78 is 12.9. The second kappa shape index (κ2) is 6.04. The van der Waals surface area contributed by atoms with Crippen molar-refractivity contribution in [2.75, 3.05) is 7.05 Å². The number of amides is 1. The third-order valence-electron chi connectivity index (χ3n) is 3.66. The first-order valence-corrected chi connectivity index (χ1v) is 7.16. The number of aromatic nitrogens is 1. The Morgan fingerprint density at radius 3 is 2.57 bits per heavy atom. The van der Waals surface area contributed by atoms with Crippen molar-refractivity contribution in [3.05, 3.63) is 82.0 Å². The summed E-state index contributed by atoms with van der Waals surface area (Å²) in [5, 5.41) is 1.26. The molecule has 0 aliphatic heterocycles. The fourth-order valence-corrected chi connectivity index (χ4v) is 2.47. The molecule has 4 nitrogen and oxygen atoms in total. The van der Waals surface area contributed by atoms with Crippen molar-refractivity contribution in [3.8, 4) is 0 Å². The van der Waals surface area contributed by atoms with Gasteiger partial charge in [0.1, 0.15) is 11.5 Å². The smallest absolute Gasteiger partial charge is 0.270 e. The van der Waals surface area contributed by atoms with Crippen molar-refractivity contribution in [1.82, 2.24) is 9.88 Å². The van der Waals surface area contributed by atoms with Gasteiger partial charge in [0.2, 0.25) is 0 Å². The maximum atomic E-state index is 12.9. The molecular formula is C18H15FN2O2. The van der Waals surface area contributed by atoms with Crippen LogP contribution in [0.5, 0.6) is 0 Å². The third kappa shape index (κ3) is 3.13. The Morgan fingerprint density at radius 1 is 1.13 bits per heavy atom. The number of nitrogens with zero attached hydrogens (tertiary/aromatic N) is 1. The number of hydrogen-bond acceptors (Lipinski definition) is 2. The second-order valence-electron chi connectivity index (χ2n) is 5.39. The number of H-pyrrole nitrogens is 1. The molecule has 1 N–H and O–H groups in total. The van der Waals surface area contributed by atoms with Crippen LogP contribution in [-0.4, -0.2) is 22.8 Å². The Balaban J connectivity index is 1.87. The van der Waals surface area contributed by atoms with Gasteiger partial charge in [-0.05, 0) is 35.2 Å². The highest BCUT2D eigenvalue weighted by molar-refractivity contribution is 5.96. The van der Waals surface area contributed by atoms with E-state index in [1.54, 1.807) is 43.4 Å². The number of halogens is 1.